The normalized spacial score (nSPS) is 11.2. The molecule has 56 heavy (non-hydrogen) atoms. The van der Waals surface area contributed by atoms with Crippen molar-refractivity contribution in [2.45, 2.75) is 0 Å². The largest absolute Gasteiger partial charge is 0.256 e. The molecule has 0 N–H and O–H groups in total. The highest BCUT2D eigenvalue weighted by Crippen LogP contribution is 2.42. The molecular weight excluding hydrogens is 683 g/mol. The number of nitrogens with zero attached hydrogens (tertiary/aromatic N) is 5. The van der Waals surface area contributed by atoms with Crippen LogP contribution in [0, 0.1) is 11.3 Å². The lowest BCUT2D eigenvalue weighted by molar-refractivity contribution is 1.07. The summed E-state index contributed by atoms with van der Waals surface area (Å²) in [6.45, 7) is 0. The lowest BCUT2D eigenvalue weighted by Crippen LogP contribution is -2.00. The predicted molar refractivity (Wildman–Crippen MR) is 227 cm³/mol. The molecule has 10 aromatic rings. The Morgan fingerprint density at radius 1 is 0.339 bits per heavy atom. The molecule has 0 spiro atoms. The summed E-state index contributed by atoms with van der Waals surface area (Å²) < 4.78 is 0. The van der Waals surface area contributed by atoms with E-state index in [0.29, 0.717) is 23.0 Å². The van der Waals surface area contributed by atoms with E-state index in [-0.39, 0.29) is 0 Å². The van der Waals surface area contributed by atoms with Gasteiger partial charge in [0.05, 0.1) is 17.1 Å². The van der Waals surface area contributed by atoms with Crippen LogP contribution in [0.4, 0.5) is 0 Å². The highest BCUT2D eigenvalue weighted by molar-refractivity contribution is 6.23. The lowest BCUT2D eigenvalue weighted by atomic mass is 9.88. The van der Waals surface area contributed by atoms with Crippen molar-refractivity contribution >= 4 is 32.4 Å². The van der Waals surface area contributed by atoms with Gasteiger partial charge in [-0.05, 0) is 85.8 Å². The quantitative estimate of drug-likeness (QED) is 0.160. The van der Waals surface area contributed by atoms with Crippen molar-refractivity contribution in [2.24, 2.45) is 0 Å². The molecule has 260 valence electrons. The summed E-state index contributed by atoms with van der Waals surface area (Å²) in [5.74, 6) is 1.88. The third-order valence-corrected chi connectivity index (χ3v) is 10.4. The van der Waals surface area contributed by atoms with Crippen LogP contribution in [-0.2, 0) is 0 Å². The molecule has 2 aromatic heterocycles. The zero-order valence-corrected chi connectivity index (χ0v) is 30.1. The van der Waals surface area contributed by atoms with E-state index in [9.17, 15) is 5.26 Å². The number of hydrogen-bond acceptors (Lipinski definition) is 5. The summed E-state index contributed by atoms with van der Waals surface area (Å²) in [6.07, 6.45) is 1.87. The SMILES string of the molecule is N#Cc1cccc(-c2ccc(-c3cc4c5ccccc5c(-c5cccc(-c6nc(-c7ccccc7)nc(-c7ccccc7)n6)c5)cc4c4cccnc34)cc2)c1. The van der Waals surface area contributed by atoms with Crippen LogP contribution >= 0.6 is 0 Å². The first-order valence-corrected chi connectivity index (χ1v) is 18.5. The standard InChI is InChI=1S/C51H31N5/c52-32-33-12-9-17-38(28-33)34-23-25-35(26-24-34)45-31-46-42-21-8-7-20-41(42)44(30-47(46)43-22-11-27-53-48(43)45)39-18-10-19-40(29-39)51-55-49(36-13-3-1-4-14-36)54-50(56-51)37-15-5-2-6-16-37/h1-31H. The van der Waals surface area contributed by atoms with Gasteiger partial charge in [0.1, 0.15) is 0 Å². The van der Waals surface area contributed by atoms with Crippen molar-refractivity contribution in [3.05, 3.63) is 194 Å². The van der Waals surface area contributed by atoms with Gasteiger partial charge >= 0.3 is 0 Å². The number of rotatable bonds is 6. The molecule has 2 heterocycles. The van der Waals surface area contributed by atoms with Crippen LogP contribution in [0.3, 0.4) is 0 Å². The van der Waals surface area contributed by atoms with E-state index in [1.54, 1.807) is 0 Å². The highest BCUT2D eigenvalue weighted by atomic mass is 15.0. The van der Waals surface area contributed by atoms with E-state index >= 15 is 0 Å². The number of hydrogen-bond donors (Lipinski definition) is 0. The van der Waals surface area contributed by atoms with Crippen LogP contribution in [-0.4, -0.2) is 19.9 Å². The third-order valence-electron chi connectivity index (χ3n) is 10.4. The second kappa shape index (κ2) is 13.9. The molecule has 0 unspecified atom stereocenters. The zero-order valence-electron chi connectivity index (χ0n) is 30.1. The molecule has 0 aliphatic heterocycles. The summed E-state index contributed by atoms with van der Waals surface area (Å²) in [5, 5.41) is 15.1. The molecule has 0 aliphatic carbocycles. The molecule has 5 nitrogen and oxygen atoms in total. The summed E-state index contributed by atoms with van der Waals surface area (Å²) in [6, 6.07) is 64.6. The summed E-state index contributed by atoms with van der Waals surface area (Å²) >= 11 is 0. The van der Waals surface area contributed by atoms with E-state index in [4.69, 9.17) is 19.9 Å². The molecule has 10 rings (SSSR count). The fourth-order valence-electron chi connectivity index (χ4n) is 7.66. The number of aromatic nitrogens is 4. The number of pyridine rings is 1. The summed E-state index contributed by atoms with van der Waals surface area (Å²) in [7, 11) is 0. The average Bonchev–Trinajstić information content (AvgIpc) is 3.29. The van der Waals surface area contributed by atoms with Gasteiger partial charge in [0.2, 0.25) is 0 Å². The second-order valence-corrected chi connectivity index (χ2v) is 13.8. The van der Waals surface area contributed by atoms with Crippen LogP contribution in [0.25, 0.3) is 100.0 Å². The van der Waals surface area contributed by atoms with Crippen molar-refractivity contribution in [3.8, 4) is 73.6 Å². The Labute approximate surface area is 323 Å². The maximum Gasteiger partial charge on any atom is 0.164 e. The van der Waals surface area contributed by atoms with E-state index in [1.165, 1.54) is 10.8 Å². The van der Waals surface area contributed by atoms with E-state index in [2.05, 4.69) is 97.1 Å². The van der Waals surface area contributed by atoms with E-state index in [0.717, 1.165) is 71.7 Å². The Morgan fingerprint density at radius 3 is 1.59 bits per heavy atom. The van der Waals surface area contributed by atoms with Crippen molar-refractivity contribution < 1.29 is 0 Å². The first-order valence-electron chi connectivity index (χ1n) is 18.5. The second-order valence-electron chi connectivity index (χ2n) is 13.8. The Morgan fingerprint density at radius 2 is 0.875 bits per heavy atom. The smallest absolute Gasteiger partial charge is 0.164 e. The Bertz CT molecular complexity index is 3070. The van der Waals surface area contributed by atoms with Gasteiger partial charge in [-0.2, -0.15) is 5.26 Å². The average molecular weight is 714 g/mol. The fourth-order valence-corrected chi connectivity index (χ4v) is 7.66. The Balaban J connectivity index is 1.13. The minimum atomic E-state index is 0.618. The first kappa shape index (κ1) is 32.8. The maximum absolute atomic E-state index is 9.43. The number of nitriles is 1. The van der Waals surface area contributed by atoms with Gasteiger partial charge in [0.15, 0.2) is 17.5 Å². The zero-order chi connectivity index (χ0) is 37.4. The van der Waals surface area contributed by atoms with Crippen molar-refractivity contribution in [1.29, 1.82) is 5.26 Å². The number of benzene rings is 8. The molecule has 8 aromatic carbocycles. The van der Waals surface area contributed by atoms with Gasteiger partial charge < -0.3 is 0 Å². The van der Waals surface area contributed by atoms with Crippen LogP contribution in [0.15, 0.2) is 188 Å². The van der Waals surface area contributed by atoms with E-state index < -0.39 is 0 Å². The molecule has 0 saturated heterocycles. The first-order chi connectivity index (χ1) is 27.7. The highest BCUT2D eigenvalue weighted by Gasteiger charge is 2.17. The van der Waals surface area contributed by atoms with Gasteiger partial charge in [-0.25, -0.2) is 15.0 Å². The van der Waals surface area contributed by atoms with Gasteiger partial charge in [-0.1, -0.05) is 146 Å². The third kappa shape index (κ3) is 5.92. The monoisotopic (exact) mass is 713 g/mol. The molecule has 5 heteroatoms. The van der Waals surface area contributed by atoms with Crippen molar-refractivity contribution in [1.82, 2.24) is 19.9 Å². The molecule has 0 amide bonds. The molecule has 0 aliphatic rings. The Kier molecular flexibility index (Phi) is 8.13. The van der Waals surface area contributed by atoms with Gasteiger partial charge in [0.25, 0.3) is 0 Å². The van der Waals surface area contributed by atoms with Crippen molar-refractivity contribution in [2.75, 3.05) is 0 Å². The lowest BCUT2D eigenvalue weighted by Gasteiger charge is -2.16. The van der Waals surface area contributed by atoms with Crippen LogP contribution in [0.2, 0.25) is 0 Å². The minimum Gasteiger partial charge on any atom is -0.256 e. The molecule has 0 saturated carbocycles. The van der Waals surface area contributed by atoms with Gasteiger partial charge in [-0.3, -0.25) is 4.98 Å². The maximum atomic E-state index is 9.43. The minimum absolute atomic E-state index is 0.618. The van der Waals surface area contributed by atoms with Crippen molar-refractivity contribution in [3.63, 3.8) is 0 Å². The molecular formula is C51H31N5. The molecule has 0 fully saturated rings. The van der Waals surface area contributed by atoms with Crippen LogP contribution < -0.4 is 0 Å². The Hall–Kier alpha value is -7.81. The van der Waals surface area contributed by atoms with Gasteiger partial charge in [0, 0.05) is 33.8 Å². The molecule has 0 radical (unpaired) electrons. The molecule has 0 atom stereocenters. The van der Waals surface area contributed by atoms with Crippen LogP contribution in [0.5, 0.6) is 0 Å². The van der Waals surface area contributed by atoms with Crippen LogP contribution in [0.1, 0.15) is 5.56 Å². The summed E-state index contributed by atoms with van der Waals surface area (Å²) in [5.41, 5.74) is 10.8. The topological polar surface area (TPSA) is 75.3 Å². The number of fused-ring (bicyclic) bond motifs is 5. The fraction of sp³-hybridized carbons (Fsp3) is 0. The summed E-state index contributed by atoms with van der Waals surface area (Å²) in [4.78, 5) is 19.9. The predicted octanol–water partition coefficient (Wildman–Crippen LogP) is 12.6. The van der Waals surface area contributed by atoms with E-state index in [1.807, 2.05) is 97.2 Å². The van der Waals surface area contributed by atoms with Gasteiger partial charge in [-0.15, -0.1) is 0 Å². The molecule has 0 bridgehead atoms.